The van der Waals surface area contributed by atoms with Crippen molar-refractivity contribution in [3.05, 3.63) is 0 Å². The first-order chi connectivity index (χ1) is 6.08. The molecule has 2 atom stereocenters. The van der Waals surface area contributed by atoms with Gasteiger partial charge < -0.3 is 10.1 Å². The van der Waals surface area contributed by atoms with Crippen molar-refractivity contribution >= 4 is 5.97 Å². The molecule has 3 nitrogen and oxygen atoms in total. The number of carbonyl (C=O) groups is 1. The normalized spacial score (nSPS) is 30.1. The van der Waals surface area contributed by atoms with Crippen molar-refractivity contribution in [2.75, 3.05) is 13.1 Å². The second-order valence-corrected chi connectivity index (χ2v) is 4.11. The van der Waals surface area contributed by atoms with Crippen LogP contribution in [0.5, 0.6) is 0 Å². The van der Waals surface area contributed by atoms with Gasteiger partial charge in [0.05, 0.1) is 11.5 Å². The molecule has 3 heteroatoms. The topological polar surface area (TPSA) is 38.3 Å². The first-order valence-corrected chi connectivity index (χ1v) is 5.00. The van der Waals surface area contributed by atoms with Crippen LogP contribution in [0.1, 0.15) is 33.6 Å². The van der Waals surface area contributed by atoms with Gasteiger partial charge in [-0.1, -0.05) is 6.92 Å². The van der Waals surface area contributed by atoms with Gasteiger partial charge in [0.2, 0.25) is 0 Å². The third kappa shape index (κ3) is 2.44. The minimum atomic E-state index is -0.288. The molecule has 0 bridgehead atoms. The van der Waals surface area contributed by atoms with E-state index in [4.69, 9.17) is 4.74 Å². The average Bonchev–Trinajstić information content (AvgIpc) is 2.53. The number of hydrogen-bond donors (Lipinski definition) is 1. The van der Waals surface area contributed by atoms with Gasteiger partial charge in [0.1, 0.15) is 0 Å². The Hall–Kier alpha value is -0.570. The molecule has 0 radical (unpaired) electrons. The monoisotopic (exact) mass is 185 g/mol. The standard InChI is InChI=1S/C10H19NO2/c1-4-8(2)13-9(12)10(3)5-6-11-7-10/h8,11H,4-7H2,1-3H3. The highest BCUT2D eigenvalue weighted by Crippen LogP contribution is 2.26. The van der Waals surface area contributed by atoms with Crippen LogP contribution in [0.3, 0.4) is 0 Å². The molecule has 1 saturated heterocycles. The number of rotatable bonds is 3. The van der Waals surface area contributed by atoms with E-state index in [1.54, 1.807) is 0 Å². The van der Waals surface area contributed by atoms with Crippen LogP contribution in [0.2, 0.25) is 0 Å². The maximum atomic E-state index is 11.7. The van der Waals surface area contributed by atoms with Gasteiger partial charge in [-0.15, -0.1) is 0 Å². The maximum Gasteiger partial charge on any atom is 0.313 e. The van der Waals surface area contributed by atoms with E-state index in [0.717, 1.165) is 25.9 Å². The van der Waals surface area contributed by atoms with E-state index >= 15 is 0 Å². The maximum absolute atomic E-state index is 11.7. The highest BCUT2D eigenvalue weighted by Gasteiger charge is 2.38. The molecule has 1 fully saturated rings. The van der Waals surface area contributed by atoms with Crippen molar-refractivity contribution in [2.24, 2.45) is 5.41 Å². The molecule has 0 aromatic rings. The van der Waals surface area contributed by atoms with E-state index < -0.39 is 0 Å². The molecular formula is C10H19NO2. The van der Waals surface area contributed by atoms with E-state index in [9.17, 15) is 4.79 Å². The summed E-state index contributed by atoms with van der Waals surface area (Å²) in [6, 6.07) is 0. The highest BCUT2D eigenvalue weighted by atomic mass is 16.5. The van der Waals surface area contributed by atoms with Crippen LogP contribution in [-0.4, -0.2) is 25.2 Å². The average molecular weight is 185 g/mol. The number of nitrogens with one attached hydrogen (secondary N) is 1. The van der Waals surface area contributed by atoms with Crippen LogP contribution in [0.15, 0.2) is 0 Å². The fourth-order valence-corrected chi connectivity index (χ4v) is 1.40. The molecule has 0 saturated carbocycles. The largest absolute Gasteiger partial charge is 0.462 e. The van der Waals surface area contributed by atoms with Gasteiger partial charge >= 0.3 is 5.97 Å². The third-order valence-corrected chi connectivity index (χ3v) is 2.74. The Morgan fingerprint density at radius 2 is 2.38 bits per heavy atom. The molecular weight excluding hydrogens is 166 g/mol. The predicted molar refractivity (Wildman–Crippen MR) is 51.4 cm³/mol. The van der Waals surface area contributed by atoms with E-state index in [-0.39, 0.29) is 17.5 Å². The van der Waals surface area contributed by atoms with Crippen molar-refractivity contribution in [3.63, 3.8) is 0 Å². The highest BCUT2D eigenvalue weighted by molar-refractivity contribution is 5.77. The summed E-state index contributed by atoms with van der Waals surface area (Å²) in [7, 11) is 0. The Labute approximate surface area is 79.8 Å². The molecule has 2 unspecified atom stereocenters. The summed E-state index contributed by atoms with van der Waals surface area (Å²) >= 11 is 0. The van der Waals surface area contributed by atoms with Crippen molar-refractivity contribution < 1.29 is 9.53 Å². The van der Waals surface area contributed by atoms with Crippen molar-refractivity contribution in [1.29, 1.82) is 0 Å². The van der Waals surface area contributed by atoms with Crippen LogP contribution in [0.4, 0.5) is 0 Å². The molecule has 1 aliphatic rings. The van der Waals surface area contributed by atoms with E-state index in [1.807, 2.05) is 20.8 Å². The Balaban J connectivity index is 2.46. The van der Waals surface area contributed by atoms with Crippen LogP contribution in [0.25, 0.3) is 0 Å². The van der Waals surface area contributed by atoms with Crippen molar-refractivity contribution in [1.82, 2.24) is 5.32 Å². The summed E-state index contributed by atoms with van der Waals surface area (Å²) in [6.07, 6.45) is 1.82. The van der Waals surface area contributed by atoms with E-state index in [0.29, 0.717) is 0 Å². The Bertz CT molecular complexity index is 185. The zero-order valence-corrected chi connectivity index (χ0v) is 8.72. The van der Waals surface area contributed by atoms with Gasteiger partial charge in [0.25, 0.3) is 0 Å². The van der Waals surface area contributed by atoms with E-state index in [1.165, 1.54) is 0 Å². The fourth-order valence-electron chi connectivity index (χ4n) is 1.40. The van der Waals surface area contributed by atoms with Gasteiger partial charge in [-0.05, 0) is 33.2 Å². The van der Waals surface area contributed by atoms with Crippen LogP contribution in [0, 0.1) is 5.41 Å². The third-order valence-electron chi connectivity index (χ3n) is 2.74. The minimum Gasteiger partial charge on any atom is -0.462 e. The molecule has 76 valence electrons. The second-order valence-electron chi connectivity index (χ2n) is 4.11. The lowest BCUT2D eigenvalue weighted by Crippen LogP contribution is -2.34. The first-order valence-electron chi connectivity index (χ1n) is 5.00. The lowest BCUT2D eigenvalue weighted by Gasteiger charge is -2.22. The second kappa shape index (κ2) is 4.09. The summed E-state index contributed by atoms with van der Waals surface area (Å²) in [5.41, 5.74) is -0.288. The van der Waals surface area contributed by atoms with Gasteiger partial charge in [-0.2, -0.15) is 0 Å². The fraction of sp³-hybridized carbons (Fsp3) is 0.900. The predicted octanol–water partition coefficient (Wildman–Crippen LogP) is 1.33. The lowest BCUT2D eigenvalue weighted by molar-refractivity contribution is -0.158. The first kappa shape index (κ1) is 10.5. The molecule has 0 amide bonds. The molecule has 1 N–H and O–H groups in total. The molecule has 0 aromatic heterocycles. The minimum absolute atomic E-state index is 0.0462. The molecule has 1 heterocycles. The van der Waals surface area contributed by atoms with Gasteiger partial charge in [0, 0.05) is 6.54 Å². The van der Waals surface area contributed by atoms with Crippen LogP contribution in [-0.2, 0) is 9.53 Å². The summed E-state index contributed by atoms with van der Waals surface area (Å²) in [5, 5.41) is 3.18. The molecule has 0 aromatic carbocycles. The molecule has 1 rings (SSSR count). The summed E-state index contributed by atoms with van der Waals surface area (Å²) in [5.74, 6) is -0.0492. The molecule has 0 spiro atoms. The SMILES string of the molecule is CCC(C)OC(=O)C1(C)CCNC1. The number of carbonyl (C=O) groups excluding carboxylic acids is 1. The smallest absolute Gasteiger partial charge is 0.313 e. The summed E-state index contributed by atoms with van der Waals surface area (Å²) in [6.45, 7) is 7.60. The number of hydrogen-bond acceptors (Lipinski definition) is 3. The Morgan fingerprint density at radius 3 is 2.85 bits per heavy atom. The Morgan fingerprint density at radius 1 is 1.69 bits per heavy atom. The van der Waals surface area contributed by atoms with E-state index in [2.05, 4.69) is 5.32 Å². The summed E-state index contributed by atoms with van der Waals surface area (Å²) < 4.78 is 5.31. The molecule has 13 heavy (non-hydrogen) atoms. The van der Waals surface area contributed by atoms with Gasteiger partial charge in [-0.3, -0.25) is 4.79 Å². The zero-order chi connectivity index (χ0) is 9.90. The van der Waals surface area contributed by atoms with Crippen molar-refractivity contribution in [2.45, 2.75) is 39.7 Å². The van der Waals surface area contributed by atoms with Gasteiger partial charge in [0.15, 0.2) is 0 Å². The lowest BCUT2D eigenvalue weighted by atomic mass is 9.90. The number of ether oxygens (including phenoxy) is 1. The van der Waals surface area contributed by atoms with Crippen LogP contribution >= 0.6 is 0 Å². The Kier molecular flexibility index (Phi) is 3.31. The number of esters is 1. The molecule has 1 aliphatic heterocycles. The summed E-state index contributed by atoms with van der Waals surface area (Å²) in [4.78, 5) is 11.7. The van der Waals surface area contributed by atoms with Gasteiger partial charge in [-0.25, -0.2) is 0 Å². The van der Waals surface area contributed by atoms with Crippen LogP contribution < -0.4 is 5.32 Å². The molecule has 0 aliphatic carbocycles. The van der Waals surface area contributed by atoms with Crippen molar-refractivity contribution in [3.8, 4) is 0 Å². The zero-order valence-electron chi connectivity index (χ0n) is 8.72. The quantitative estimate of drug-likeness (QED) is 0.674.